The number of carbonyl (C=O) groups is 3. The second-order valence-electron chi connectivity index (χ2n) is 11.8. The number of halogens is 2. The van der Waals surface area contributed by atoms with Crippen LogP contribution in [-0.2, 0) is 31.6 Å². The van der Waals surface area contributed by atoms with E-state index in [1.807, 2.05) is 4.90 Å². The van der Waals surface area contributed by atoms with Gasteiger partial charge in [-0.05, 0) is 63.2 Å². The molecule has 2 aliphatic rings. The van der Waals surface area contributed by atoms with Crippen LogP contribution in [0, 0.1) is 11.6 Å². The van der Waals surface area contributed by atoms with E-state index in [0.29, 0.717) is 44.5 Å². The molecule has 2 amide bonds. The Morgan fingerprint density at radius 3 is 2.39 bits per heavy atom. The van der Waals surface area contributed by atoms with Gasteiger partial charge in [0.05, 0.1) is 47.2 Å². The molecule has 2 aromatic heterocycles. The summed E-state index contributed by atoms with van der Waals surface area (Å²) in [5, 5.41) is 9.83. The lowest BCUT2D eigenvalue weighted by Gasteiger charge is -2.30. The number of carbonyl (C=O) groups excluding carboxylic acids is 3. The number of aromatic amines is 1. The van der Waals surface area contributed by atoms with Crippen LogP contribution in [-0.4, -0.2) is 78.3 Å². The number of morpholine rings is 1. The van der Waals surface area contributed by atoms with Crippen molar-refractivity contribution in [3.63, 3.8) is 0 Å². The number of anilines is 3. The number of hydrogen-bond acceptors (Lipinski definition) is 9. The molecule has 2 aromatic carbocycles. The third-order valence-corrected chi connectivity index (χ3v) is 10.3. The van der Waals surface area contributed by atoms with Gasteiger partial charge in [0.2, 0.25) is 10.0 Å². The van der Waals surface area contributed by atoms with Gasteiger partial charge in [0.25, 0.3) is 11.8 Å². The van der Waals surface area contributed by atoms with Crippen LogP contribution < -0.4 is 15.5 Å². The second-order valence-corrected chi connectivity index (χ2v) is 13.6. The fourth-order valence-corrected chi connectivity index (χ4v) is 7.64. The zero-order valence-electron chi connectivity index (χ0n) is 26.7. The number of H-pyrrole nitrogens is 1. The molecule has 0 bridgehead atoms. The first-order chi connectivity index (χ1) is 23.3. The summed E-state index contributed by atoms with van der Waals surface area (Å²) in [4.78, 5) is 44.5. The molecule has 4 heterocycles. The van der Waals surface area contributed by atoms with E-state index in [1.165, 1.54) is 19.9 Å². The molecule has 3 N–H and O–H groups in total. The fourth-order valence-electron chi connectivity index (χ4n) is 5.87. The Kier molecular flexibility index (Phi) is 9.00. The van der Waals surface area contributed by atoms with Gasteiger partial charge in [0, 0.05) is 43.1 Å². The Morgan fingerprint density at radius 1 is 1.02 bits per heavy atom. The summed E-state index contributed by atoms with van der Waals surface area (Å²) in [6.45, 7) is 6.37. The summed E-state index contributed by atoms with van der Waals surface area (Å²) in [7, 11) is -4.52. The second kappa shape index (κ2) is 13.1. The smallest absolute Gasteiger partial charge is 0.436 e. The first-order valence-corrected chi connectivity index (χ1v) is 16.8. The lowest BCUT2D eigenvalue weighted by molar-refractivity contribution is 0.102. The molecule has 4 aromatic rings. The molecule has 6 rings (SSSR count). The van der Waals surface area contributed by atoms with E-state index in [1.54, 1.807) is 37.4 Å². The van der Waals surface area contributed by atoms with E-state index >= 15 is 0 Å². The molecule has 1 fully saturated rings. The highest BCUT2D eigenvalue weighted by Crippen LogP contribution is 2.45. The number of amides is 2. The minimum Gasteiger partial charge on any atom is -0.448 e. The van der Waals surface area contributed by atoms with Gasteiger partial charge in [0.15, 0.2) is 0 Å². The van der Waals surface area contributed by atoms with Crippen LogP contribution in [0.2, 0.25) is 0 Å². The normalized spacial score (nSPS) is 15.9. The maximum atomic E-state index is 14.1. The summed E-state index contributed by atoms with van der Waals surface area (Å²) in [5.41, 5.74) is 0.00626. The van der Waals surface area contributed by atoms with Gasteiger partial charge < -0.3 is 30.0 Å². The Hall–Kier alpha value is -5.13. The van der Waals surface area contributed by atoms with Gasteiger partial charge in [-0.25, -0.2) is 22.0 Å². The zero-order chi connectivity index (χ0) is 35.1. The molecule has 1 saturated heterocycles. The predicted molar refractivity (Wildman–Crippen MR) is 173 cm³/mol. The number of ether oxygens (including phenoxy) is 2. The van der Waals surface area contributed by atoms with Crippen LogP contribution in [0.3, 0.4) is 0 Å². The molecule has 17 heteroatoms. The topological polar surface area (TPSA) is 168 Å². The first kappa shape index (κ1) is 33.8. The van der Waals surface area contributed by atoms with Gasteiger partial charge in [-0.15, -0.1) is 4.68 Å². The van der Waals surface area contributed by atoms with Crippen molar-refractivity contribution >= 4 is 45.1 Å². The van der Waals surface area contributed by atoms with Crippen molar-refractivity contribution in [1.29, 1.82) is 0 Å². The molecular formula is C32H33F2N7O7S. The van der Waals surface area contributed by atoms with Crippen LogP contribution in [0.4, 0.5) is 30.8 Å². The average Bonchev–Trinajstić information content (AvgIpc) is 3.78. The monoisotopic (exact) mass is 697 g/mol. The molecule has 0 spiro atoms. The number of fused-ring (bicyclic) bond motifs is 1. The Morgan fingerprint density at radius 2 is 1.73 bits per heavy atom. The van der Waals surface area contributed by atoms with Gasteiger partial charge in [-0.2, -0.15) is 9.40 Å². The highest BCUT2D eigenvalue weighted by molar-refractivity contribution is 7.89. The van der Waals surface area contributed by atoms with Gasteiger partial charge in [-0.3, -0.25) is 9.59 Å². The summed E-state index contributed by atoms with van der Waals surface area (Å²) in [6, 6.07) is 10.1. The molecule has 0 atom stereocenters. The van der Waals surface area contributed by atoms with E-state index in [0.717, 1.165) is 14.7 Å². The zero-order valence-corrected chi connectivity index (χ0v) is 27.6. The third-order valence-electron chi connectivity index (χ3n) is 8.30. The van der Waals surface area contributed by atoms with Crippen LogP contribution in [0.25, 0.3) is 0 Å². The summed E-state index contributed by atoms with van der Waals surface area (Å²) in [5.74, 6) is -3.59. The molecular weight excluding hydrogens is 664 g/mol. The molecule has 14 nitrogen and oxygen atoms in total. The molecule has 0 radical (unpaired) electrons. The first-order valence-electron chi connectivity index (χ1n) is 15.3. The number of rotatable bonds is 8. The molecule has 2 aliphatic heterocycles. The Balaban J connectivity index is 1.39. The van der Waals surface area contributed by atoms with Crippen LogP contribution in [0.1, 0.15) is 52.9 Å². The number of sulfonamides is 1. The highest BCUT2D eigenvalue weighted by Gasteiger charge is 2.49. The van der Waals surface area contributed by atoms with E-state index in [9.17, 15) is 31.6 Å². The van der Waals surface area contributed by atoms with Crippen LogP contribution in [0.15, 0.2) is 59.6 Å². The SMILES string of the molecule is CCOC(=O)n1nc2c(c1NC(=O)c1ccc(N3CCOCC3)cc1NC(=O)c1ccc[nH]1)CN(S(=O)(=O)c1cc(F)cc(F)c1)C2(C)C. The van der Waals surface area contributed by atoms with E-state index < -0.39 is 56.5 Å². The molecule has 49 heavy (non-hydrogen) atoms. The number of benzene rings is 2. The highest BCUT2D eigenvalue weighted by atomic mass is 32.2. The lowest BCUT2D eigenvalue weighted by atomic mass is 10.0. The lowest BCUT2D eigenvalue weighted by Crippen LogP contribution is -2.41. The molecule has 258 valence electrons. The fraction of sp³-hybridized carbons (Fsp3) is 0.312. The van der Waals surface area contributed by atoms with Crippen molar-refractivity contribution in [2.24, 2.45) is 0 Å². The predicted octanol–water partition coefficient (Wildman–Crippen LogP) is 4.27. The molecule has 0 saturated carbocycles. The summed E-state index contributed by atoms with van der Waals surface area (Å²) in [6.07, 6.45) is 0.645. The largest absolute Gasteiger partial charge is 0.448 e. The van der Waals surface area contributed by atoms with Crippen molar-refractivity contribution in [2.75, 3.05) is 48.4 Å². The number of hydrogen-bond donors (Lipinski definition) is 3. The summed E-state index contributed by atoms with van der Waals surface area (Å²) >= 11 is 0. The Labute approximate surface area is 280 Å². The third kappa shape index (κ3) is 6.39. The molecule has 0 unspecified atom stereocenters. The number of aromatic nitrogens is 3. The van der Waals surface area contributed by atoms with E-state index in [2.05, 4.69) is 20.7 Å². The van der Waals surface area contributed by atoms with Crippen molar-refractivity contribution in [2.45, 2.75) is 37.8 Å². The number of nitrogens with zero attached hydrogens (tertiary/aromatic N) is 4. The standard InChI is InChI=1S/C32H33F2N7O7S/c1-4-48-31(44)41-28(24-18-40(32(2,3)27(24)38-41)49(45,46)22-15-19(33)14-20(34)16-22)37-29(42)23-8-7-21(39-10-12-47-13-11-39)17-26(23)36-30(43)25-6-5-9-35-25/h5-9,14-17,35H,4,10-13,18H2,1-3H3,(H,36,43)(H,37,42). The maximum absolute atomic E-state index is 14.1. The van der Waals surface area contributed by atoms with Crippen LogP contribution in [0.5, 0.6) is 0 Å². The maximum Gasteiger partial charge on any atom is 0.436 e. The number of nitrogens with one attached hydrogen (secondary N) is 3. The van der Waals surface area contributed by atoms with Crippen molar-refractivity contribution in [1.82, 2.24) is 19.1 Å². The van der Waals surface area contributed by atoms with Crippen molar-refractivity contribution in [3.05, 3.63) is 88.9 Å². The van der Waals surface area contributed by atoms with Crippen molar-refractivity contribution in [3.8, 4) is 0 Å². The molecule has 0 aliphatic carbocycles. The average molecular weight is 698 g/mol. The van der Waals surface area contributed by atoms with Crippen LogP contribution >= 0.6 is 0 Å². The van der Waals surface area contributed by atoms with Gasteiger partial charge in [-0.1, -0.05) is 0 Å². The van der Waals surface area contributed by atoms with E-state index in [4.69, 9.17) is 9.47 Å². The minimum atomic E-state index is -4.52. The quantitative estimate of drug-likeness (QED) is 0.244. The minimum absolute atomic E-state index is 0.0241. The van der Waals surface area contributed by atoms with E-state index in [-0.39, 0.29) is 40.6 Å². The summed E-state index contributed by atoms with van der Waals surface area (Å²) < 4.78 is 68.0. The van der Waals surface area contributed by atoms with Gasteiger partial charge in [0.1, 0.15) is 23.1 Å². The Bertz CT molecular complexity index is 2020. The van der Waals surface area contributed by atoms with Crippen molar-refractivity contribution < 1.29 is 41.1 Å². The van der Waals surface area contributed by atoms with Gasteiger partial charge >= 0.3 is 6.09 Å².